The second-order valence-electron chi connectivity index (χ2n) is 7.59. The molecule has 0 aliphatic rings. The third kappa shape index (κ3) is 4.75. The third-order valence-corrected chi connectivity index (χ3v) is 5.74. The summed E-state index contributed by atoms with van der Waals surface area (Å²) in [7, 11) is 1.57. The highest BCUT2D eigenvalue weighted by Gasteiger charge is 2.19. The Morgan fingerprint density at radius 2 is 1.76 bits per heavy atom. The Morgan fingerprint density at radius 1 is 1.09 bits per heavy atom. The van der Waals surface area contributed by atoms with E-state index in [4.69, 9.17) is 32.4 Å². The van der Waals surface area contributed by atoms with Crippen LogP contribution in [-0.2, 0) is 4.79 Å². The minimum atomic E-state index is -0.336. The number of aryl methyl sites for hydroxylation is 1. The van der Waals surface area contributed by atoms with Crippen molar-refractivity contribution >= 4 is 51.3 Å². The molecule has 0 bridgehead atoms. The summed E-state index contributed by atoms with van der Waals surface area (Å²) in [5.74, 6) is -0.0395. The molecule has 0 spiro atoms. The maximum Gasteiger partial charge on any atom is 0.248 e. The largest absolute Gasteiger partial charge is 0.496 e. The molecule has 0 aliphatic heterocycles. The van der Waals surface area contributed by atoms with E-state index < -0.39 is 0 Å². The molecule has 0 fully saturated rings. The molecule has 0 unspecified atom stereocenters. The van der Waals surface area contributed by atoms with Gasteiger partial charge >= 0.3 is 0 Å². The molecule has 4 rings (SSSR count). The van der Waals surface area contributed by atoms with Gasteiger partial charge in [0.25, 0.3) is 0 Å². The number of halogens is 3. The van der Waals surface area contributed by atoms with Crippen molar-refractivity contribution in [3.8, 4) is 16.9 Å². The summed E-state index contributed by atoms with van der Waals surface area (Å²) in [4.78, 5) is 12.7. The smallest absolute Gasteiger partial charge is 0.248 e. The second-order valence-corrected chi connectivity index (χ2v) is 8.46. The molecule has 0 radical (unpaired) electrons. The highest BCUT2D eigenvalue weighted by molar-refractivity contribution is 6.35. The first kappa shape index (κ1) is 22.9. The number of anilines is 1. The molecule has 0 saturated carbocycles. The van der Waals surface area contributed by atoms with E-state index in [0.29, 0.717) is 32.6 Å². The fraction of sp³-hybridized carbons (Fsp3) is 0.115. The van der Waals surface area contributed by atoms with Crippen LogP contribution < -0.4 is 10.1 Å². The second kappa shape index (κ2) is 9.30. The van der Waals surface area contributed by atoms with E-state index in [9.17, 15) is 9.18 Å². The van der Waals surface area contributed by atoms with Gasteiger partial charge in [-0.2, -0.15) is 0 Å². The maximum absolute atomic E-state index is 13.4. The molecule has 4 aromatic rings. The zero-order chi connectivity index (χ0) is 23.7. The number of nitrogens with one attached hydrogen (secondary N) is 1. The number of amides is 1. The number of furan rings is 1. The normalized spacial score (nSPS) is 11.6. The summed E-state index contributed by atoms with van der Waals surface area (Å²) in [6.45, 7) is 3.72. The first-order chi connectivity index (χ1) is 15.8. The number of carbonyl (C=O) groups excluding carboxylic acids is 1. The van der Waals surface area contributed by atoms with Gasteiger partial charge in [0.1, 0.15) is 17.1 Å². The summed E-state index contributed by atoms with van der Waals surface area (Å²) < 4.78 is 24.9. The minimum Gasteiger partial charge on any atom is -0.496 e. The van der Waals surface area contributed by atoms with Gasteiger partial charge in [-0.1, -0.05) is 35.3 Å². The average molecular weight is 484 g/mol. The number of hydrogen-bond acceptors (Lipinski definition) is 3. The molecule has 0 saturated heterocycles. The summed E-state index contributed by atoms with van der Waals surface area (Å²) in [6, 6.07) is 12.9. The van der Waals surface area contributed by atoms with Crippen molar-refractivity contribution in [2.24, 2.45) is 0 Å². The average Bonchev–Trinajstić information content (AvgIpc) is 3.17. The number of benzene rings is 3. The van der Waals surface area contributed by atoms with Crippen molar-refractivity contribution in [3.05, 3.63) is 87.9 Å². The number of ether oxygens (including phenoxy) is 1. The predicted molar refractivity (Wildman–Crippen MR) is 132 cm³/mol. The Labute approximate surface area is 200 Å². The van der Waals surface area contributed by atoms with Crippen LogP contribution in [0.25, 0.3) is 27.7 Å². The Kier molecular flexibility index (Phi) is 6.45. The highest BCUT2D eigenvalue weighted by Crippen LogP contribution is 2.40. The maximum atomic E-state index is 13.4. The molecule has 1 N–H and O–H groups in total. The van der Waals surface area contributed by atoms with E-state index in [0.717, 1.165) is 27.6 Å². The van der Waals surface area contributed by atoms with Crippen LogP contribution in [0, 0.1) is 12.7 Å². The fourth-order valence-electron chi connectivity index (χ4n) is 3.80. The molecule has 4 nitrogen and oxygen atoms in total. The van der Waals surface area contributed by atoms with Crippen molar-refractivity contribution in [2.45, 2.75) is 13.8 Å². The predicted octanol–water partition coefficient (Wildman–Crippen LogP) is 7.90. The van der Waals surface area contributed by atoms with Crippen molar-refractivity contribution in [1.82, 2.24) is 0 Å². The van der Waals surface area contributed by atoms with E-state index in [1.807, 2.05) is 19.9 Å². The van der Waals surface area contributed by atoms with Gasteiger partial charge in [-0.3, -0.25) is 4.79 Å². The standard InChI is InChI=1S/C26H20Cl2FNO3/c1-14(8-24(31)30-20-10-17(27)9-18(28)11-20)21-12-22-23(16-4-6-19(29)7-5-16)13-33-26(22)15(2)25(21)32-3/h4-13H,1-3H3,(H,30,31)/b14-8+. The van der Waals surface area contributed by atoms with Gasteiger partial charge in [-0.15, -0.1) is 0 Å². The fourth-order valence-corrected chi connectivity index (χ4v) is 4.33. The lowest BCUT2D eigenvalue weighted by atomic mass is 9.96. The van der Waals surface area contributed by atoms with Crippen LogP contribution >= 0.6 is 23.2 Å². The van der Waals surface area contributed by atoms with Crippen molar-refractivity contribution < 1.29 is 18.3 Å². The molecule has 1 heterocycles. The molecule has 1 aromatic heterocycles. The van der Waals surface area contributed by atoms with E-state index in [-0.39, 0.29) is 11.7 Å². The van der Waals surface area contributed by atoms with Gasteiger partial charge in [-0.25, -0.2) is 4.39 Å². The summed E-state index contributed by atoms with van der Waals surface area (Å²) in [6.07, 6.45) is 3.12. The minimum absolute atomic E-state index is 0.309. The van der Waals surface area contributed by atoms with Crippen LogP contribution in [0.5, 0.6) is 5.75 Å². The molecule has 168 valence electrons. The lowest BCUT2D eigenvalue weighted by Crippen LogP contribution is -2.08. The van der Waals surface area contributed by atoms with Crippen LogP contribution in [0.2, 0.25) is 10.0 Å². The lowest BCUT2D eigenvalue weighted by Gasteiger charge is -2.13. The zero-order valence-electron chi connectivity index (χ0n) is 18.1. The molecule has 0 aliphatic carbocycles. The Hall–Kier alpha value is -3.28. The Balaban J connectivity index is 1.75. The van der Waals surface area contributed by atoms with Gasteiger partial charge < -0.3 is 14.5 Å². The van der Waals surface area contributed by atoms with Crippen LogP contribution in [0.4, 0.5) is 10.1 Å². The SMILES string of the molecule is COc1c(/C(C)=C/C(=O)Nc2cc(Cl)cc(Cl)c2)cc2c(-c3ccc(F)cc3)coc2c1C. The van der Waals surface area contributed by atoms with Gasteiger partial charge in [0.15, 0.2) is 0 Å². The number of hydrogen-bond donors (Lipinski definition) is 1. The van der Waals surface area contributed by atoms with Crippen molar-refractivity contribution in [1.29, 1.82) is 0 Å². The van der Waals surface area contributed by atoms with E-state index in [1.54, 1.807) is 43.7 Å². The van der Waals surface area contributed by atoms with Crippen LogP contribution in [0.15, 0.2) is 65.3 Å². The molecular formula is C26H20Cl2FNO3. The van der Waals surface area contributed by atoms with E-state index in [1.165, 1.54) is 18.2 Å². The van der Waals surface area contributed by atoms with Crippen molar-refractivity contribution in [2.75, 3.05) is 12.4 Å². The highest BCUT2D eigenvalue weighted by atomic mass is 35.5. The molecule has 33 heavy (non-hydrogen) atoms. The number of fused-ring (bicyclic) bond motifs is 1. The van der Waals surface area contributed by atoms with Gasteiger partial charge in [0, 0.05) is 43.9 Å². The van der Waals surface area contributed by atoms with Gasteiger partial charge in [0.2, 0.25) is 5.91 Å². The zero-order valence-corrected chi connectivity index (χ0v) is 19.6. The quantitative estimate of drug-likeness (QED) is 0.293. The molecule has 0 atom stereocenters. The third-order valence-electron chi connectivity index (χ3n) is 5.31. The number of carbonyl (C=O) groups is 1. The number of allylic oxidation sites excluding steroid dienone is 1. The van der Waals surface area contributed by atoms with E-state index in [2.05, 4.69) is 5.32 Å². The van der Waals surface area contributed by atoms with Crippen molar-refractivity contribution in [3.63, 3.8) is 0 Å². The number of methoxy groups -OCH3 is 1. The molecule has 7 heteroatoms. The lowest BCUT2D eigenvalue weighted by molar-refractivity contribution is -0.111. The van der Waals surface area contributed by atoms with Gasteiger partial charge in [-0.05, 0) is 61.4 Å². The van der Waals surface area contributed by atoms with Crippen LogP contribution in [0.1, 0.15) is 18.1 Å². The van der Waals surface area contributed by atoms with Crippen LogP contribution in [-0.4, -0.2) is 13.0 Å². The Morgan fingerprint density at radius 3 is 2.39 bits per heavy atom. The molecular weight excluding hydrogens is 464 g/mol. The molecule has 1 amide bonds. The first-order valence-corrected chi connectivity index (χ1v) is 10.8. The monoisotopic (exact) mass is 483 g/mol. The first-order valence-electron chi connectivity index (χ1n) is 10.1. The topological polar surface area (TPSA) is 51.5 Å². The summed E-state index contributed by atoms with van der Waals surface area (Å²) in [5.41, 5.74) is 5.04. The van der Waals surface area contributed by atoms with Gasteiger partial charge in [0.05, 0.1) is 13.4 Å². The van der Waals surface area contributed by atoms with Crippen LogP contribution in [0.3, 0.4) is 0 Å². The number of rotatable bonds is 5. The Bertz CT molecular complexity index is 1370. The molecule has 3 aromatic carbocycles. The summed E-state index contributed by atoms with van der Waals surface area (Å²) in [5, 5.41) is 4.46. The van der Waals surface area contributed by atoms with E-state index >= 15 is 0 Å². The summed E-state index contributed by atoms with van der Waals surface area (Å²) >= 11 is 12.0.